The highest BCUT2D eigenvalue weighted by molar-refractivity contribution is 9.10. The van der Waals surface area contributed by atoms with Gasteiger partial charge in [-0.3, -0.25) is 0 Å². The second-order valence-corrected chi connectivity index (χ2v) is 6.17. The van der Waals surface area contributed by atoms with Crippen molar-refractivity contribution in [2.75, 3.05) is 7.11 Å². The number of rotatable bonds is 5. The van der Waals surface area contributed by atoms with Gasteiger partial charge in [0.25, 0.3) is 0 Å². The minimum Gasteiger partial charge on any atom is -0.493 e. The molecule has 2 nitrogen and oxygen atoms in total. The highest BCUT2D eigenvalue weighted by Crippen LogP contribution is 2.36. The van der Waals surface area contributed by atoms with E-state index in [4.69, 9.17) is 21.1 Å². The van der Waals surface area contributed by atoms with Crippen molar-refractivity contribution in [3.63, 3.8) is 0 Å². The van der Waals surface area contributed by atoms with Crippen LogP contribution in [0.25, 0.3) is 0 Å². The Hall–Kier alpha value is -0.780. The number of hydrogen-bond donors (Lipinski definition) is 0. The summed E-state index contributed by atoms with van der Waals surface area (Å²) in [5, 5.41) is 1.11. The fourth-order valence-electron chi connectivity index (χ4n) is 1.84. The maximum atomic E-state index is 13.7. The zero-order valence-corrected chi connectivity index (χ0v) is 15.1. The van der Waals surface area contributed by atoms with Crippen molar-refractivity contribution in [2.45, 2.75) is 11.9 Å². The standard InChI is InChI=1S/C15H12Br2ClFO2/c1-20-14-6-12(18)5-9(7-16)15(14)21-8-10-4-11(17)2-3-13(10)19/h2-6H,7-8H2,1H3. The van der Waals surface area contributed by atoms with E-state index in [0.717, 1.165) is 10.0 Å². The molecule has 2 rings (SSSR count). The Morgan fingerprint density at radius 2 is 1.95 bits per heavy atom. The summed E-state index contributed by atoms with van der Waals surface area (Å²) in [4.78, 5) is 0. The van der Waals surface area contributed by atoms with E-state index in [1.165, 1.54) is 13.2 Å². The van der Waals surface area contributed by atoms with Crippen LogP contribution in [0.5, 0.6) is 11.5 Å². The molecular formula is C15H12Br2ClFO2. The van der Waals surface area contributed by atoms with Crippen molar-refractivity contribution >= 4 is 43.5 Å². The number of methoxy groups -OCH3 is 1. The molecule has 112 valence electrons. The van der Waals surface area contributed by atoms with Gasteiger partial charge in [-0.05, 0) is 24.3 Å². The van der Waals surface area contributed by atoms with Gasteiger partial charge in [0, 0.05) is 32.0 Å². The van der Waals surface area contributed by atoms with E-state index in [1.54, 1.807) is 24.3 Å². The van der Waals surface area contributed by atoms with Crippen LogP contribution in [0.1, 0.15) is 11.1 Å². The molecule has 0 atom stereocenters. The minimum atomic E-state index is -0.313. The SMILES string of the molecule is COc1cc(Cl)cc(CBr)c1OCc1cc(Br)ccc1F. The average molecular weight is 439 g/mol. The first kappa shape index (κ1) is 16.6. The second kappa shape index (κ2) is 7.47. The molecule has 2 aromatic rings. The second-order valence-electron chi connectivity index (χ2n) is 4.25. The van der Waals surface area contributed by atoms with Crippen LogP contribution < -0.4 is 9.47 Å². The van der Waals surface area contributed by atoms with E-state index in [0.29, 0.717) is 27.4 Å². The highest BCUT2D eigenvalue weighted by Gasteiger charge is 2.13. The number of ether oxygens (including phenoxy) is 2. The topological polar surface area (TPSA) is 18.5 Å². The maximum Gasteiger partial charge on any atom is 0.165 e. The Kier molecular flexibility index (Phi) is 5.90. The van der Waals surface area contributed by atoms with Gasteiger partial charge in [-0.1, -0.05) is 43.5 Å². The fraction of sp³-hybridized carbons (Fsp3) is 0.200. The molecule has 0 saturated carbocycles. The van der Waals surface area contributed by atoms with Crippen LogP contribution >= 0.6 is 43.5 Å². The van der Waals surface area contributed by atoms with Crippen molar-refractivity contribution in [2.24, 2.45) is 0 Å². The number of hydrogen-bond acceptors (Lipinski definition) is 2. The molecule has 0 aliphatic carbocycles. The number of alkyl halides is 1. The highest BCUT2D eigenvalue weighted by atomic mass is 79.9. The van der Waals surface area contributed by atoms with Gasteiger partial charge in [-0.25, -0.2) is 4.39 Å². The summed E-state index contributed by atoms with van der Waals surface area (Å²) >= 11 is 12.7. The first-order valence-corrected chi connectivity index (χ1v) is 8.33. The average Bonchev–Trinajstić information content (AvgIpc) is 2.48. The molecule has 0 heterocycles. The minimum absolute atomic E-state index is 0.100. The van der Waals surface area contributed by atoms with Gasteiger partial charge in [-0.2, -0.15) is 0 Å². The van der Waals surface area contributed by atoms with E-state index in [-0.39, 0.29) is 12.4 Å². The zero-order chi connectivity index (χ0) is 15.4. The normalized spacial score (nSPS) is 10.5. The molecular weight excluding hydrogens is 426 g/mol. The molecule has 0 saturated heterocycles. The van der Waals surface area contributed by atoms with Crippen LogP contribution in [0.2, 0.25) is 5.02 Å². The lowest BCUT2D eigenvalue weighted by atomic mass is 10.2. The predicted molar refractivity (Wildman–Crippen MR) is 89.1 cm³/mol. The number of halogens is 4. The third kappa shape index (κ3) is 4.11. The third-order valence-electron chi connectivity index (χ3n) is 2.84. The largest absolute Gasteiger partial charge is 0.493 e. The van der Waals surface area contributed by atoms with E-state index >= 15 is 0 Å². The van der Waals surface area contributed by atoms with Crippen molar-refractivity contribution in [3.05, 3.63) is 56.8 Å². The van der Waals surface area contributed by atoms with Gasteiger partial charge in [0.05, 0.1) is 7.11 Å². The molecule has 0 amide bonds. The summed E-state index contributed by atoms with van der Waals surface area (Å²) in [6.45, 7) is 0.100. The molecule has 6 heteroatoms. The van der Waals surface area contributed by atoms with Gasteiger partial charge < -0.3 is 9.47 Å². The molecule has 0 bridgehead atoms. The summed E-state index contributed by atoms with van der Waals surface area (Å²) in [6, 6.07) is 8.18. The Balaban J connectivity index is 2.29. The van der Waals surface area contributed by atoms with Crippen LogP contribution in [0.15, 0.2) is 34.8 Å². The molecule has 0 aliphatic rings. The Labute approximate surface area is 144 Å². The molecule has 0 aromatic heterocycles. The lowest BCUT2D eigenvalue weighted by molar-refractivity contribution is 0.277. The quantitative estimate of drug-likeness (QED) is 0.556. The van der Waals surface area contributed by atoms with Gasteiger partial charge in [0.15, 0.2) is 11.5 Å². The molecule has 0 unspecified atom stereocenters. The molecule has 0 N–H and O–H groups in total. The van der Waals surface area contributed by atoms with Gasteiger partial charge in [0.1, 0.15) is 12.4 Å². The van der Waals surface area contributed by atoms with E-state index in [1.807, 2.05) is 0 Å². The lowest BCUT2D eigenvalue weighted by Gasteiger charge is -2.15. The fourth-order valence-corrected chi connectivity index (χ4v) is 2.90. The van der Waals surface area contributed by atoms with Crippen LogP contribution in [-0.4, -0.2) is 7.11 Å². The zero-order valence-electron chi connectivity index (χ0n) is 11.1. The van der Waals surface area contributed by atoms with Gasteiger partial charge in [0.2, 0.25) is 0 Å². The summed E-state index contributed by atoms with van der Waals surface area (Å²) in [6.07, 6.45) is 0. The van der Waals surface area contributed by atoms with Crippen molar-refractivity contribution in [1.82, 2.24) is 0 Å². The molecule has 2 aromatic carbocycles. The summed E-state index contributed by atoms with van der Waals surface area (Å²) < 4.78 is 25.6. The Morgan fingerprint density at radius 3 is 2.62 bits per heavy atom. The van der Waals surface area contributed by atoms with E-state index in [9.17, 15) is 4.39 Å². The van der Waals surface area contributed by atoms with Crippen LogP contribution in [0.3, 0.4) is 0 Å². The smallest absolute Gasteiger partial charge is 0.165 e. The third-order valence-corrected chi connectivity index (χ3v) is 4.16. The predicted octanol–water partition coefficient (Wildman–Crippen LogP) is 5.72. The van der Waals surface area contributed by atoms with Crippen molar-refractivity contribution in [1.29, 1.82) is 0 Å². The summed E-state index contributed by atoms with van der Waals surface area (Å²) in [5.41, 5.74) is 1.30. The summed E-state index contributed by atoms with van der Waals surface area (Å²) in [5.74, 6) is 0.761. The van der Waals surface area contributed by atoms with Gasteiger partial charge in [-0.15, -0.1) is 0 Å². The first-order chi connectivity index (χ1) is 10.0. The van der Waals surface area contributed by atoms with E-state index in [2.05, 4.69) is 31.9 Å². The first-order valence-electron chi connectivity index (χ1n) is 6.04. The Morgan fingerprint density at radius 1 is 1.19 bits per heavy atom. The Bertz CT molecular complexity index is 625. The van der Waals surface area contributed by atoms with Crippen LogP contribution in [0, 0.1) is 5.82 Å². The monoisotopic (exact) mass is 436 g/mol. The van der Waals surface area contributed by atoms with Gasteiger partial charge >= 0.3 is 0 Å². The number of benzene rings is 2. The van der Waals surface area contributed by atoms with Crippen LogP contribution in [-0.2, 0) is 11.9 Å². The molecule has 0 fully saturated rings. The van der Waals surface area contributed by atoms with E-state index < -0.39 is 0 Å². The van der Waals surface area contributed by atoms with Crippen molar-refractivity contribution < 1.29 is 13.9 Å². The van der Waals surface area contributed by atoms with Crippen molar-refractivity contribution in [3.8, 4) is 11.5 Å². The molecule has 0 spiro atoms. The van der Waals surface area contributed by atoms with Crippen LogP contribution in [0.4, 0.5) is 4.39 Å². The molecule has 0 radical (unpaired) electrons. The molecule has 0 aliphatic heterocycles. The summed E-state index contributed by atoms with van der Waals surface area (Å²) in [7, 11) is 1.54. The molecule has 21 heavy (non-hydrogen) atoms. The lowest BCUT2D eigenvalue weighted by Crippen LogP contribution is -2.02. The maximum absolute atomic E-state index is 13.7.